The van der Waals surface area contributed by atoms with Crippen molar-refractivity contribution in [3.8, 4) is 11.3 Å². The van der Waals surface area contributed by atoms with E-state index in [1.807, 2.05) is 4.90 Å². The number of nitrogens with two attached hydrogens (primary N) is 1. The number of fused-ring (bicyclic) bond motifs is 1. The van der Waals surface area contributed by atoms with Gasteiger partial charge in [0.25, 0.3) is 5.91 Å². The number of halogens is 1. The van der Waals surface area contributed by atoms with Crippen molar-refractivity contribution in [2.24, 2.45) is 17.6 Å². The Morgan fingerprint density at radius 1 is 1.23 bits per heavy atom. The average molecular weight is 538 g/mol. The molecule has 39 heavy (non-hydrogen) atoms. The topological polar surface area (TPSA) is 177 Å². The molecule has 4 N–H and O–H groups in total. The lowest BCUT2D eigenvalue weighted by molar-refractivity contribution is -0.118. The molecule has 0 bridgehead atoms. The lowest BCUT2D eigenvalue weighted by Crippen LogP contribution is -2.37. The van der Waals surface area contributed by atoms with Gasteiger partial charge in [-0.25, -0.2) is 24.3 Å². The van der Waals surface area contributed by atoms with E-state index in [1.165, 1.54) is 23.3 Å². The van der Waals surface area contributed by atoms with Crippen LogP contribution in [0, 0.1) is 11.8 Å². The number of piperidine rings is 1. The lowest BCUT2D eigenvalue weighted by Gasteiger charge is -2.20. The van der Waals surface area contributed by atoms with Gasteiger partial charge < -0.3 is 25.8 Å². The Kier molecular flexibility index (Phi) is 6.68. The van der Waals surface area contributed by atoms with Crippen LogP contribution < -0.4 is 21.3 Å². The number of carbonyl (C=O) groups is 3. The zero-order chi connectivity index (χ0) is 27.9. The summed E-state index contributed by atoms with van der Waals surface area (Å²) < 4.78 is 15.5. The number of nitrogens with zero attached hydrogens (tertiary/aromatic N) is 8. The molecule has 2 unspecified atom stereocenters. The molecule has 1 saturated carbocycles. The first kappa shape index (κ1) is 26.1. The molecule has 3 aromatic heterocycles. The zero-order valence-electron chi connectivity index (χ0n) is 21.6. The highest BCUT2D eigenvalue weighted by molar-refractivity contribution is 6.03. The number of nitrogens with one attached hydrogen (secondary N) is 2. The number of hydrogen-bond donors (Lipinski definition) is 3. The quantitative estimate of drug-likeness (QED) is 0.258. The normalized spacial score (nSPS) is 22.1. The van der Waals surface area contributed by atoms with E-state index in [1.54, 1.807) is 33.3 Å². The third-order valence-electron chi connectivity index (χ3n) is 7.38. The third kappa shape index (κ3) is 4.65. The molecule has 2 fully saturated rings. The standard InChI is InChI=1S/C24H28FN11O3/c1-13(36-11-31-20(27-3)19(36)22(39)35(10-26)12-37)21(38)33-18-7-28-6-17(32-18)14-4-29-23(30-5-14)34-8-15-16(9-34)24(15,2)25/h4-7,11-13,15-16,27H,8-10,26H2,1-3H3,(H,32,33,38)/t13-,15?,16?,24?/m0/s1. The van der Waals surface area contributed by atoms with Gasteiger partial charge in [0.05, 0.1) is 31.1 Å². The Hall–Kier alpha value is -4.53. The van der Waals surface area contributed by atoms with Gasteiger partial charge in [0, 0.05) is 49.9 Å². The number of amides is 3. The number of hydrogen-bond acceptors (Lipinski definition) is 11. The van der Waals surface area contributed by atoms with Gasteiger partial charge in [-0.3, -0.25) is 24.3 Å². The Morgan fingerprint density at radius 3 is 2.54 bits per heavy atom. The summed E-state index contributed by atoms with van der Waals surface area (Å²) in [5, 5.41) is 5.47. The summed E-state index contributed by atoms with van der Waals surface area (Å²) in [6.45, 7) is 4.07. The van der Waals surface area contributed by atoms with Gasteiger partial charge >= 0.3 is 0 Å². The molecule has 0 radical (unpaired) electrons. The minimum absolute atomic E-state index is 0.00113. The molecule has 204 valence electrons. The van der Waals surface area contributed by atoms with Crippen LogP contribution in [-0.2, 0) is 9.59 Å². The Bertz CT molecular complexity index is 1400. The Labute approximate surface area is 222 Å². The maximum absolute atomic E-state index is 14.1. The third-order valence-corrected chi connectivity index (χ3v) is 7.38. The molecule has 5 rings (SSSR count). The van der Waals surface area contributed by atoms with Crippen molar-refractivity contribution in [3.05, 3.63) is 36.8 Å². The van der Waals surface area contributed by atoms with E-state index >= 15 is 0 Å². The Balaban J connectivity index is 1.29. The maximum atomic E-state index is 14.1. The first-order valence-corrected chi connectivity index (χ1v) is 12.3. The maximum Gasteiger partial charge on any atom is 0.281 e. The van der Waals surface area contributed by atoms with Crippen molar-refractivity contribution in [1.29, 1.82) is 0 Å². The fraction of sp³-hybridized carbons (Fsp3) is 0.417. The van der Waals surface area contributed by atoms with Crippen molar-refractivity contribution in [2.75, 3.05) is 42.3 Å². The summed E-state index contributed by atoms with van der Waals surface area (Å²) in [5.74, 6) is -0.254. The highest BCUT2D eigenvalue weighted by Gasteiger charge is 2.67. The van der Waals surface area contributed by atoms with Gasteiger partial charge in [0.15, 0.2) is 17.3 Å². The van der Waals surface area contributed by atoms with Crippen molar-refractivity contribution < 1.29 is 18.8 Å². The van der Waals surface area contributed by atoms with Crippen LogP contribution >= 0.6 is 0 Å². The smallest absolute Gasteiger partial charge is 0.281 e. The number of rotatable bonds is 9. The number of aromatic nitrogens is 6. The van der Waals surface area contributed by atoms with Crippen molar-refractivity contribution in [3.63, 3.8) is 0 Å². The van der Waals surface area contributed by atoms with E-state index in [4.69, 9.17) is 5.73 Å². The summed E-state index contributed by atoms with van der Waals surface area (Å²) in [5.41, 5.74) is 5.44. The largest absolute Gasteiger partial charge is 0.371 e. The molecule has 15 heteroatoms. The average Bonchev–Trinajstić information content (AvgIpc) is 3.36. The van der Waals surface area contributed by atoms with Gasteiger partial charge in [0.2, 0.25) is 18.3 Å². The number of carbonyl (C=O) groups excluding carboxylic acids is 3. The second-order valence-electron chi connectivity index (χ2n) is 9.66. The molecule has 14 nitrogen and oxygen atoms in total. The molecule has 0 spiro atoms. The highest BCUT2D eigenvalue weighted by atomic mass is 19.1. The first-order valence-electron chi connectivity index (χ1n) is 12.3. The summed E-state index contributed by atoms with van der Waals surface area (Å²) in [4.78, 5) is 61.5. The van der Waals surface area contributed by atoms with Crippen LogP contribution in [0.25, 0.3) is 11.3 Å². The highest BCUT2D eigenvalue weighted by Crippen LogP contribution is 2.58. The summed E-state index contributed by atoms with van der Waals surface area (Å²) in [7, 11) is 1.56. The first-order chi connectivity index (χ1) is 18.7. The molecule has 3 aromatic rings. The van der Waals surface area contributed by atoms with E-state index in [0.29, 0.717) is 36.7 Å². The molecule has 0 aromatic carbocycles. The van der Waals surface area contributed by atoms with E-state index in [2.05, 4.69) is 35.6 Å². The van der Waals surface area contributed by atoms with E-state index in [0.717, 1.165) is 4.90 Å². The van der Waals surface area contributed by atoms with Gasteiger partial charge in [-0.05, 0) is 13.8 Å². The molecular weight excluding hydrogens is 509 g/mol. The summed E-state index contributed by atoms with van der Waals surface area (Å²) in [6, 6.07) is -0.907. The fourth-order valence-corrected chi connectivity index (χ4v) is 4.88. The van der Waals surface area contributed by atoms with Crippen LogP contribution in [-0.4, -0.2) is 85.1 Å². The summed E-state index contributed by atoms with van der Waals surface area (Å²) >= 11 is 0. The minimum atomic E-state index is -1.08. The van der Waals surface area contributed by atoms with Crippen LogP contribution in [0.3, 0.4) is 0 Å². The van der Waals surface area contributed by atoms with E-state index in [9.17, 15) is 18.8 Å². The number of imidazole rings is 1. The number of anilines is 3. The molecule has 3 amide bonds. The fourth-order valence-electron chi connectivity index (χ4n) is 4.88. The minimum Gasteiger partial charge on any atom is -0.371 e. The second kappa shape index (κ2) is 9.98. The second-order valence-corrected chi connectivity index (χ2v) is 9.66. The van der Waals surface area contributed by atoms with Crippen LogP contribution in [0.4, 0.5) is 22.0 Å². The molecule has 1 saturated heterocycles. The zero-order valence-corrected chi connectivity index (χ0v) is 21.6. The number of imide groups is 1. The van der Waals surface area contributed by atoms with Gasteiger partial charge in [-0.1, -0.05) is 0 Å². The van der Waals surface area contributed by atoms with Crippen LogP contribution in [0.2, 0.25) is 0 Å². The molecule has 2 aliphatic rings. The van der Waals surface area contributed by atoms with Crippen molar-refractivity contribution in [1.82, 2.24) is 34.4 Å². The van der Waals surface area contributed by atoms with E-state index in [-0.39, 0.29) is 35.8 Å². The predicted molar refractivity (Wildman–Crippen MR) is 138 cm³/mol. The molecular formula is C24H28FN11O3. The monoisotopic (exact) mass is 537 g/mol. The van der Waals surface area contributed by atoms with Gasteiger partial charge in [-0.2, -0.15) is 0 Å². The predicted octanol–water partition coefficient (Wildman–Crippen LogP) is 0.681. The SMILES string of the molecule is CNc1ncn([C@@H](C)C(=O)Nc2cncc(-c3cnc(N4CC5C(C4)C5(C)F)nc3)n2)c1C(=O)N(C=O)CN. The van der Waals surface area contributed by atoms with Gasteiger partial charge in [-0.15, -0.1) is 0 Å². The molecule has 3 atom stereocenters. The van der Waals surface area contributed by atoms with Gasteiger partial charge in [0.1, 0.15) is 11.7 Å². The number of alkyl halides is 1. The molecule has 4 heterocycles. The van der Waals surface area contributed by atoms with Crippen LogP contribution in [0.5, 0.6) is 0 Å². The van der Waals surface area contributed by atoms with Crippen molar-refractivity contribution in [2.45, 2.75) is 25.6 Å². The Morgan fingerprint density at radius 2 is 1.92 bits per heavy atom. The summed E-state index contributed by atoms with van der Waals surface area (Å²) in [6.07, 6.45) is 7.76. The molecule has 1 aliphatic carbocycles. The van der Waals surface area contributed by atoms with Crippen LogP contribution in [0.1, 0.15) is 30.4 Å². The lowest BCUT2D eigenvalue weighted by atomic mass is 10.2. The van der Waals surface area contributed by atoms with Crippen LogP contribution in [0.15, 0.2) is 31.1 Å². The van der Waals surface area contributed by atoms with E-state index < -0.39 is 23.5 Å². The van der Waals surface area contributed by atoms with Crippen molar-refractivity contribution >= 4 is 35.8 Å². The molecule has 1 aliphatic heterocycles.